The summed E-state index contributed by atoms with van der Waals surface area (Å²) in [7, 11) is 1.83. The molecule has 0 saturated heterocycles. The summed E-state index contributed by atoms with van der Waals surface area (Å²) in [6, 6.07) is 10.2. The Kier molecular flexibility index (Phi) is 8.03. The number of nitrogens with one attached hydrogen (secondary N) is 2. The fourth-order valence-electron chi connectivity index (χ4n) is 11.8. The summed E-state index contributed by atoms with van der Waals surface area (Å²) >= 11 is 0. The molecule has 0 amide bonds. The maximum absolute atomic E-state index is 14.7. The Labute approximate surface area is 297 Å². The molecular weight excluding hydrogens is 647 g/mol. The van der Waals surface area contributed by atoms with Crippen LogP contribution >= 0.6 is 0 Å². The number of nitrogens with zero attached hydrogens (tertiary/aromatic N) is 4. The van der Waals surface area contributed by atoms with E-state index in [1.807, 2.05) is 31.3 Å². The second-order valence-corrected chi connectivity index (χ2v) is 16.6. The van der Waals surface area contributed by atoms with Crippen LogP contribution in [0.2, 0.25) is 0 Å². The summed E-state index contributed by atoms with van der Waals surface area (Å²) in [6.45, 7) is 6.08. The number of hydrogen-bond donors (Lipinski definition) is 3. The molecule has 1 aliphatic heterocycles. The summed E-state index contributed by atoms with van der Waals surface area (Å²) in [5.74, 6) is 3.52. The van der Waals surface area contributed by atoms with Crippen molar-refractivity contribution in [2.45, 2.75) is 95.8 Å². The maximum atomic E-state index is 14.7. The minimum Gasteiger partial charge on any atom is -0.491 e. The van der Waals surface area contributed by atoms with Crippen LogP contribution in [0.1, 0.15) is 101 Å². The second-order valence-electron chi connectivity index (χ2n) is 16.6. The molecule has 10 nitrogen and oxygen atoms in total. The molecule has 4 aliphatic carbocycles. The molecule has 3 heterocycles. The minimum atomic E-state index is -0.494. The van der Waals surface area contributed by atoms with Gasteiger partial charge >= 0.3 is 0 Å². The van der Waals surface area contributed by atoms with Crippen molar-refractivity contribution in [3.05, 3.63) is 76.0 Å². The van der Waals surface area contributed by atoms with Crippen LogP contribution < -0.4 is 15.6 Å². The van der Waals surface area contributed by atoms with E-state index in [0.717, 1.165) is 48.3 Å². The predicted octanol–water partition coefficient (Wildman–Crippen LogP) is 6.66. The number of aromatic nitrogens is 5. The molecule has 11 heteroatoms. The van der Waals surface area contributed by atoms with E-state index in [1.165, 1.54) is 57.0 Å². The van der Waals surface area contributed by atoms with Crippen molar-refractivity contribution in [1.29, 1.82) is 0 Å². The summed E-state index contributed by atoms with van der Waals surface area (Å²) in [5.41, 5.74) is 2.25. The quantitative estimate of drug-likeness (QED) is 0.183. The smallest absolute Gasteiger partial charge is 0.272 e. The maximum Gasteiger partial charge on any atom is 0.272 e. The highest BCUT2D eigenvalue weighted by atomic mass is 19.1. The van der Waals surface area contributed by atoms with Crippen molar-refractivity contribution in [2.75, 3.05) is 18.5 Å². The summed E-state index contributed by atoms with van der Waals surface area (Å²) in [6.07, 6.45) is 12.3. The van der Waals surface area contributed by atoms with Gasteiger partial charge in [-0.3, -0.25) is 9.48 Å². The highest BCUT2D eigenvalue weighted by Crippen LogP contribution is 2.66. The molecule has 9 rings (SSSR count). The van der Waals surface area contributed by atoms with Gasteiger partial charge in [0.25, 0.3) is 5.56 Å². The van der Waals surface area contributed by atoms with Crippen LogP contribution in [0, 0.1) is 40.3 Å². The molecular formula is C40H49FN6O4. The molecule has 0 spiro atoms. The monoisotopic (exact) mass is 696 g/mol. The van der Waals surface area contributed by atoms with Gasteiger partial charge in [0.2, 0.25) is 0 Å². The fraction of sp³-hybridized carbons (Fsp3) is 0.600. The largest absolute Gasteiger partial charge is 0.491 e. The number of aliphatic hydroxyl groups excluding tert-OH is 1. The lowest BCUT2D eigenvalue weighted by Crippen LogP contribution is -2.54. The molecule has 0 radical (unpaired) electrons. The second kappa shape index (κ2) is 12.4. The van der Waals surface area contributed by atoms with Gasteiger partial charge in [-0.05, 0) is 122 Å². The van der Waals surface area contributed by atoms with Crippen molar-refractivity contribution in [1.82, 2.24) is 25.0 Å². The van der Waals surface area contributed by atoms with Crippen molar-refractivity contribution in [3.63, 3.8) is 0 Å². The van der Waals surface area contributed by atoms with Gasteiger partial charge in [-0.25, -0.2) is 14.5 Å². The Hall–Kier alpha value is -3.83. The zero-order valence-corrected chi connectivity index (χ0v) is 29.8. The Morgan fingerprint density at radius 3 is 2.61 bits per heavy atom. The number of anilines is 1. The summed E-state index contributed by atoms with van der Waals surface area (Å²) in [4.78, 5) is 17.2. The van der Waals surface area contributed by atoms with E-state index in [2.05, 4.69) is 39.4 Å². The number of H-pyrrole nitrogens is 1. The molecule has 51 heavy (non-hydrogen) atoms. The van der Waals surface area contributed by atoms with E-state index >= 15 is 0 Å². The van der Waals surface area contributed by atoms with E-state index in [4.69, 9.17) is 9.47 Å². The topological polar surface area (TPSA) is 127 Å². The van der Waals surface area contributed by atoms with Crippen LogP contribution in [0.15, 0.2) is 47.5 Å². The summed E-state index contributed by atoms with van der Waals surface area (Å²) in [5, 5.41) is 26.0. The van der Waals surface area contributed by atoms with E-state index in [1.54, 1.807) is 4.68 Å². The van der Waals surface area contributed by atoms with Crippen LogP contribution in [-0.2, 0) is 11.8 Å². The van der Waals surface area contributed by atoms with Crippen LogP contribution in [0.25, 0.3) is 10.8 Å². The number of hydrogen-bond acceptors (Lipinski definition) is 8. The predicted molar refractivity (Wildman–Crippen MR) is 191 cm³/mol. The molecule has 5 aliphatic rings. The van der Waals surface area contributed by atoms with E-state index in [-0.39, 0.29) is 29.1 Å². The average Bonchev–Trinajstić information content (AvgIpc) is 3.70. The molecule has 3 N–H and O–H groups in total. The third kappa shape index (κ3) is 5.32. The molecule has 0 bridgehead atoms. The molecule has 2 aromatic heterocycles. The lowest BCUT2D eigenvalue weighted by Gasteiger charge is -2.60. The van der Waals surface area contributed by atoms with Crippen LogP contribution in [0.5, 0.6) is 5.75 Å². The van der Waals surface area contributed by atoms with Gasteiger partial charge in [0, 0.05) is 18.1 Å². The Balaban J connectivity index is 0.860. The number of fused-ring (bicyclic) bond motifs is 5. The molecule has 2 aromatic carbocycles. The first kappa shape index (κ1) is 33.0. The van der Waals surface area contributed by atoms with Gasteiger partial charge in [0.15, 0.2) is 0 Å². The third-order valence-corrected chi connectivity index (χ3v) is 14.3. The number of ether oxygens (including phenoxy) is 2. The van der Waals surface area contributed by atoms with Crippen molar-refractivity contribution in [3.8, 4) is 5.75 Å². The van der Waals surface area contributed by atoms with Crippen molar-refractivity contribution < 1.29 is 19.0 Å². The first-order valence-corrected chi connectivity index (χ1v) is 19.0. The lowest BCUT2D eigenvalue weighted by molar-refractivity contribution is -0.142. The first-order chi connectivity index (χ1) is 24.6. The Bertz CT molecular complexity index is 2000. The van der Waals surface area contributed by atoms with Gasteiger partial charge in [-0.15, -0.1) is 0 Å². The molecule has 4 aromatic rings. The molecule has 4 fully saturated rings. The van der Waals surface area contributed by atoms with Crippen molar-refractivity contribution in [2.24, 2.45) is 41.5 Å². The van der Waals surface area contributed by atoms with E-state index in [0.29, 0.717) is 47.1 Å². The molecule has 10 atom stereocenters. The fourth-order valence-corrected chi connectivity index (χ4v) is 11.8. The van der Waals surface area contributed by atoms with E-state index in [9.17, 15) is 14.3 Å². The number of halogens is 1. The zero-order chi connectivity index (χ0) is 35.1. The molecule has 3 unspecified atom stereocenters. The number of benzene rings is 2. The number of aryl methyl sites for hydroxylation is 1. The SMILES string of the molecule is Cn1ncnc1C1c2n[nH]c(=O)c3cc(F)cc(c23)NC1c1ccc(OCCO[C@H]2CC[C@H]3[C@@H]4CC[C@H]5CC(O)CC[C@]5(C)[C@H]4CC[C@]23C)cc1. The van der Waals surface area contributed by atoms with Gasteiger partial charge < -0.3 is 19.9 Å². The number of aromatic amines is 1. The number of aliphatic hydroxyl groups is 1. The van der Waals surface area contributed by atoms with Crippen LogP contribution in [0.3, 0.4) is 0 Å². The highest BCUT2D eigenvalue weighted by molar-refractivity contribution is 5.97. The zero-order valence-electron chi connectivity index (χ0n) is 29.8. The third-order valence-electron chi connectivity index (χ3n) is 14.3. The molecule has 4 saturated carbocycles. The average molecular weight is 697 g/mol. The standard InChI is InChI=1S/C40H49FN6O4/c1-39-14-12-25(48)18-23(39)6-9-27-29-10-11-32(40(29,2)15-13-30(27)39)51-17-16-50-26-7-4-22(5-8-26)35-34(37-42-21-43-47(37)3)36-33-28(38(49)46-45-36)19-24(41)20-31(33)44-35/h4-5,7-8,19-21,23,25,27,29-30,32,34-35,44,48H,6,9-18H2,1-3H3,(H,46,49)/t23-,25?,27-,29-,30-,32-,34?,35?,39-,40-/m0/s1. The molecule has 270 valence electrons. The normalized spacial score (nSPS) is 35.5. The van der Waals surface area contributed by atoms with Gasteiger partial charge in [0.05, 0.1) is 41.9 Å². The van der Waals surface area contributed by atoms with Crippen molar-refractivity contribution >= 4 is 16.5 Å². The van der Waals surface area contributed by atoms with Crippen LogP contribution in [-0.4, -0.2) is 55.5 Å². The van der Waals surface area contributed by atoms with E-state index < -0.39 is 17.3 Å². The summed E-state index contributed by atoms with van der Waals surface area (Å²) < 4.78 is 29.2. The minimum absolute atomic E-state index is 0.0957. The Morgan fingerprint density at radius 1 is 1.00 bits per heavy atom. The van der Waals surface area contributed by atoms with Gasteiger partial charge in [-0.2, -0.15) is 10.2 Å². The van der Waals surface area contributed by atoms with Gasteiger partial charge in [0.1, 0.15) is 30.3 Å². The Morgan fingerprint density at radius 2 is 1.80 bits per heavy atom. The van der Waals surface area contributed by atoms with Crippen LogP contribution in [0.4, 0.5) is 10.1 Å². The highest BCUT2D eigenvalue weighted by Gasteiger charge is 2.60. The lowest BCUT2D eigenvalue weighted by atomic mass is 9.45. The number of rotatable bonds is 7. The first-order valence-electron chi connectivity index (χ1n) is 19.0. The van der Waals surface area contributed by atoms with Gasteiger partial charge in [-0.1, -0.05) is 26.0 Å².